The van der Waals surface area contributed by atoms with Crippen molar-refractivity contribution in [3.63, 3.8) is 0 Å². The van der Waals surface area contributed by atoms with Gasteiger partial charge in [0.05, 0.1) is 5.39 Å². The molecule has 1 saturated carbocycles. The Bertz CT molecular complexity index is 657. The van der Waals surface area contributed by atoms with Gasteiger partial charge in [0.1, 0.15) is 16.7 Å². The van der Waals surface area contributed by atoms with E-state index < -0.39 is 0 Å². The molecule has 6 nitrogen and oxygen atoms in total. The van der Waals surface area contributed by atoms with Crippen molar-refractivity contribution < 1.29 is 0 Å². The third-order valence-corrected chi connectivity index (χ3v) is 4.96. The normalized spacial score (nSPS) is 20.4. The van der Waals surface area contributed by atoms with Gasteiger partial charge in [-0.15, -0.1) is 0 Å². The quantitative estimate of drug-likeness (QED) is 0.915. The van der Waals surface area contributed by atoms with Gasteiger partial charge in [-0.2, -0.15) is 5.10 Å². The lowest BCUT2D eigenvalue weighted by atomic mass is 10.0. The minimum atomic E-state index is 0.670. The molecule has 0 amide bonds. The van der Waals surface area contributed by atoms with Gasteiger partial charge in [0.2, 0.25) is 0 Å². The van der Waals surface area contributed by atoms with Crippen molar-refractivity contribution in [3.05, 3.63) is 10.9 Å². The van der Waals surface area contributed by atoms with E-state index in [0.717, 1.165) is 40.6 Å². The van der Waals surface area contributed by atoms with Gasteiger partial charge in [-0.1, -0.05) is 0 Å². The number of halogens is 1. The molecular formula is C14H19BrN6. The summed E-state index contributed by atoms with van der Waals surface area (Å²) in [6, 6.07) is 1.46. The molecule has 2 aromatic heterocycles. The van der Waals surface area contributed by atoms with Crippen molar-refractivity contribution in [3.8, 4) is 0 Å². The zero-order valence-corrected chi connectivity index (χ0v) is 13.7. The van der Waals surface area contributed by atoms with E-state index in [2.05, 4.69) is 41.2 Å². The summed E-state index contributed by atoms with van der Waals surface area (Å²) in [6.07, 6.45) is 6.71. The highest BCUT2D eigenvalue weighted by atomic mass is 79.9. The van der Waals surface area contributed by atoms with Crippen LogP contribution in [0.2, 0.25) is 0 Å². The monoisotopic (exact) mass is 350 g/mol. The van der Waals surface area contributed by atoms with E-state index in [4.69, 9.17) is 0 Å². The van der Waals surface area contributed by atoms with Crippen LogP contribution in [0, 0.1) is 0 Å². The predicted molar refractivity (Wildman–Crippen MR) is 85.4 cm³/mol. The number of nitrogens with one attached hydrogen (secondary N) is 1. The summed E-state index contributed by atoms with van der Waals surface area (Å²) in [5.74, 6) is 1.00. The van der Waals surface area contributed by atoms with Crippen LogP contribution in [0.3, 0.4) is 0 Å². The van der Waals surface area contributed by atoms with Crippen LogP contribution in [0.5, 0.6) is 0 Å². The fraction of sp³-hybridized carbons (Fsp3) is 0.643. The zero-order chi connectivity index (χ0) is 14.4. The largest absolute Gasteiger partial charge is 0.356 e. The second kappa shape index (κ2) is 5.21. The van der Waals surface area contributed by atoms with Gasteiger partial charge in [0.15, 0.2) is 5.65 Å². The second-order valence-corrected chi connectivity index (χ2v) is 6.76. The highest BCUT2D eigenvalue weighted by Gasteiger charge is 2.28. The van der Waals surface area contributed by atoms with E-state index in [0.29, 0.717) is 6.04 Å². The van der Waals surface area contributed by atoms with Crippen LogP contribution in [0.1, 0.15) is 25.7 Å². The standard InChI is InChI=1S/C14H19BrN6/c1-20-13-11(12(15)19-20)14(17-8-16-13)21-6-4-10(5-7-21)18-9-2-3-9/h8-10,18H,2-7H2,1H3. The maximum Gasteiger partial charge on any atom is 0.164 e. The highest BCUT2D eigenvalue weighted by molar-refractivity contribution is 9.10. The maximum atomic E-state index is 4.51. The lowest BCUT2D eigenvalue weighted by molar-refractivity contribution is 0.412. The van der Waals surface area contributed by atoms with Crippen LogP contribution in [-0.2, 0) is 7.05 Å². The van der Waals surface area contributed by atoms with Crippen molar-refractivity contribution in [1.29, 1.82) is 0 Å². The molecule has 21 heavy (non-hydrogen) atoms. The van der Waals surface area contributed by atoms with Crippen molar-refractivity contribution in [2.24, 2.45) is 7.05 Å². The summed E-state index contributed by atoms with van der Waals surface area (Å²) < 4.78 is 2.63. The smallest absolute Gasteiger partial charge is 0.164 e. The summed E-state index contributed by atoms with van der Waals surface area (Å²) in [7, 11) is 1.91. The first-order valence-corrected chi connectivity index (χ1v) is 8.36. The van der Waals surface area contributed by atoms with Crippen LogP contribution in [0.4, 0.5) is 5.82 Å². The molecule has 0 spiro atoms. The number of aromatic nitrogens is 4. The molecule has 1 N–H and O–H groups in total. The first kappa shape index (κ1) is 13.5. The van der Waals surface area contributed by atoms with Crippen LogP contribution in [0.25, 0.3) is 11.0 Å². The molecule has 0 atom stereocenters. The molecule has 1 aliphatic carbocycles. The van der Waals surface area contributed by atoms with Crippen molar-refractivity contribution in [2.45, 2.75) is 37.8 Å². The predicted octanol–water partition coefficient (Wildman–Crippen LogP) is 1.85. The zero-order valence-electron chi connectivity index (χ0n) is 12.1. The molecule has 7 heteroatoms. The molecular weight excluding hydrogens is 332 g/mol. The average Bonchev–Trinajstić information content (AvgIpc) is 3.26. The molecule has 2 aromatic rings. The third kappa shape index (κ3) is 2.53. The molecule has 2 aliphatic rings. The van der Waals surface area contributed by atoms with Crippen molar-refractivity contribution >= 4 is 32.8 Å². The fourth-order valence-electron chi connectivity index (χ4n) is 3.11. The van der Waals surface area contributed by atoms with Crippen molar-refractivity contribution in [2.75, 3.05) is 18.0 Å². The van der Waals surface area contributed by atoms with Gasteiger partial charge in [0, 0.05) is 32.2 Å². The number of aryl methyl sites for hydroxylation is 1. The molecule has 1 saturated heterocycles. The van der Waals surface area contributed by atoms with Gasteiger partial charge < -0.3 is 10.2 Å². The van der Waals surface area contributed by atoms with Crippen molar-refractivity contribution in [1.82, 2.24) is 25.1 Å². The Kier molecular flexibility index (Phi) is 3.34. The van der Waals surface area contributed by atoms with E-state index in [-0.39, 0.29) is 0 Å². The average molecular weight is 351 g/mol. The van der Waals surface area contributed by atoms with Gasteiger partial charge in [-0.25, -0.2) is 14.6 Å². The van der Waals surface area contributed by atoms with E-state index >= 15 is 0 Å². The Labute approximate surface area is 132 Å². The molecule has 3 heterocycles. The number of hydrogen-bond acceptors (Lipinski definition) is 5. The minimum absolute atomic E-state index is 0.670. The number of fused-ring (bicyclic) bond motifs is 1. The SMILES string of the molecule is Cn1nc(Br)c2c(N3CCC(NC4CC4)CC3)ncnc21. The molecule has 0 aromatic carbocycles. The molecule has 0 unspecified atom stereocenters. The fourth-order valence-corrected chi connectivity index (χ4v) is 3.70. The Balaban J connectivity index is 1.56. The lowest BCUT2D eigenvalue weighted by Gasteiger charge is -2.33. The highest BCUT2D eigenvalue weighted by Crippen LogP contribution is 2.31. The minimum Gasteiger partial charge on any atom is -0.356 e. The number of nitrogens with zero attached hydrogens (tertiary/aromatic N) is 5. The van der Waals surface area contributed by atoms with Gasteiger partial charge in [0.25, 0.3) is 0 Å². The number of piperidine rings is 1. The van der Waals surface area contributed by atoms with E-state index in [9.17, 15) is 0 Å². The van der Waals surface area contributed by atoms with Gasteiger partial charge >= 0.3 is 0 Å². The number of rotatable bonds is 3. The summed E-state index contributed by atoms with van der Waals surface area (Å²) in [5, 5.41) is 9.15. The maximum absolute atomic E-state index is 4.51. The first-order valence-electron chi connectivity index (χ1n) is 7.56. The molecule has 112 valence electrons. The van der Waals surface area contributed by atoms with E-state index in [1.165, 1.54) is 25.7 Å². The summed E-state index contributed by atoms with van der Waals surface area (Å²) in [6.45, 7) is 2.08. The first-order chi connectivity index (χ1) is 10.2. The third-order valence-electron chi connectivity index (χ3n) is 4.40. The molecule has 0 bridgehead atoms. The van der Waals surface area contributed by atoms with Gasteiger partial charge in [-0.3, -0.25) is 0 Å². The van der Waals surface area contributed by atoms with Crippen LogP contribution in [-0.4, -0.2) is 44.9 Å². The molecule has 1 aliphatic heterocycles. The summed E-state index contributed by atoms with van der Waals surface area (Å²) >= 11 is 3.54. The molecule has 0 radical (unpaired) electrons. The van der Waals surface area contributed by atoms with E-state index in [1.54, 1.807) is 11.0 Å². The number of hydrogen-bond donors (Lipinski definition) is 1. The van der Waals surface area contributed by atoms with Crippen LogP contribution in [0.15, 0.2) is 10.9 Å². The molecule has 2 fully saturated rings. The Hall–Kier alpha value is -1.21. The van der Waals surface area contributed by atoms with Crippen LogP contribution >= 0.6 is 15.9 Å². The Morgan fingerprint density at radius 3 is 2.57 bits per heavy atom. The summed E-state index contributed by atoms with van der Waals surface area (Å²) in [5.41, 5.74) is 0.880. The lowest BCUT2D eigenvalue weighted by Crippen LogP contribution is -2.43. The topological polar surface area (TPSA) is 58.9 Å². The van der Waals surface area contributed by atoms with E-state index in [1.807, 2.05) is 7.05 Å². The molecule has 4 rings (SSSR count). The van der Waals surface area contributed by atoms with Crippen LogP contribution < -0.4 is 10.2 Å². The van der Waals surface area contributed by atoms with Gasteiger partial charge in [-0.05, 0) is 41.6 Å². The Morgan fingerprint density at radius 1 is 1.14 bits per heavy atom. The number of anilines is 1. The Morgan fingerprint density at radius 2 is 1.86 bits per heavy atom. The second-order valence-electron chi connectivity index (χ2n) is 6.01. The summed E-state index contributed by atoms with van der Waals surface area (Å²) in [4.78, 5) is 11.2.